The molecule has 2 heterocycles. The fourth-order valence-corrected chi connectivity index (χ4v) is 4.41. The lowest BCUT2D eigenvalue weighted by atomic mass is 10.3. The minimum absolute atomic E-state index is 0.0284. The Morgan fingerprint density at radius 2 is 2.14 bits per heavy atom. The van der Waals surface area contributed by atoms with Gasteiger partial charge < -0.3 is 11.1 Å². The molecule has 3 N–H and O–H groups in total. The van der Waals surface area contributed by atoms with Gasteiger partial charge in [-0.1, -0.05) is 0 Å². The molecule has 10 heteroatoms. The van der Waals surface area contributed by atoms with Gasteiger partial charge in [-0.15, -0.1) is 11.3 Å². The van der Waals surface area contributed by atoms with Crippen molar-refractivity contribution in [1.82, 2.24) is 13.7 Å². The highest BCUT2D eigenvalue weighted by Gasteiger charge is 2.27. The quantitative estimate of drug-likeness (QED) is 0.819. The second-order valence-corrected chi connectivity index (χ2v) is 8.47. The van der Waals surface area contributed by atoms with Crippen LogP contribution >= 0.6 is 22.9 Å². The summed E-state index contributed by atoms with van der Waals surface area (Å²) in [5.41, 5.74) is 6.68. The molecule has 0 aromatic carbocycles. The van der Waals surface area contributed by atoms with Gasteiger partial charge in [0.25, 0.3) is 0 Å². The maximum absolute atomic E-state index is 12.2. The topological polar surface area (TPSA) is 101 Å². The third-order valence-electron chi connectivity index (χ3n) is 2.75. The first kappa shape index (κ1) is 16.1. The Kier molecular flexibility index (Phi) is 4.81. The lowest BCUT2D eigenvalue weighted by molar-refractivity contribution is 0.521. The summed E-state index contributed by atoms with van der Waals surface area (Å²) in [5, 5.41) is 6.57. The smallest absolute Gasteiger partial charge is 0.249 e. The molecule has 0 aliphatic rings. The number of nitrogens with one attached hydrogen (secondary N) is 1. The van der Waals surface area contributed by atoms with Gasteiger partial charge in [-0.2, -0.15) is 4.37 Å². The van der Waals surface area contributed by atoms with Gasteiger partial charge >= 0.3 is 0 Å². The van der Waals surface area contributed by atoms with E-state index in [-0.39, 0.29) is 10.7 Å². The van der Waals surface area contributed by atoms with Crippen molar-refractivity contribution >= 4 is 43.7 Å². The predicted molar refractivity (Wildman–Crippen MR) is 86.4 cm³/mol. The van der Waals surface area contributed by atoms with Gasteiger partial charge in [0.1, 0.15) is 5.00 Å². The van der Waals surface area contributed by atoms with E-state index >= 15 is 0 Å². The second kappa shape index (κ2) is 6.26. The fraction of sp³-hybridized carbons (Fsp3) is 0.455. The summed E-state index contributed by atoms with van der Waals surface area (Å²) < 4.78 is 29.5. The van der Waals surface area contributed by atoms with Crippen molar-refractivity contribution < 1.29 is 8.42 Å². The normalized spacial score (nSPS) is 12.0. The molecule has 0 atom stereocenters. The van der Waals surface area contributed by atoms with Gasteiger partial charge in [0, 0.05) is 32.4 Å². The molecule has 0 fully saturated rings. The van der Waals surface area contributed by atoms with Crippen LogP contribution in [0.2, 0.25) is 0 Å². The molecule has 0 aliphatic heterocycles. The number of aromatic nitrogens is 2. The molecule has 0 bridgehead atoms. The maximum Gasteiger partial charge on any atom is 0.249 e. The van der Waals surface area contributed by atoms with E-state index in [1.165, 1.54) is 14.1 Å². The Bertz CT molecular complexity index is 720. The predicted octanol–water partition coefficient (Wildman–Crippen LogP) is 1.40. The SMILES string of the molecule is Cc1nc(CCNc2snc(N)c2S(=O)(=O)N(C)C)cs1. The molecule has 0 saturated heterocycles. The molecule has 0 spiro atoms. The van der Waals surface area contributed by atoms with Crippen LogP contribution in [0.1, 0.15) is 10.7 Å². The number of hydrogen-bond acceptors (Lipinski definition) is 8. The number of rotatable bonds is 6. The van der Waals surface area contributed by atoms with E-state index in [1.807, 2.05) is 12.3 Å². The summed E-state index contributed by atoms with van der Waals surface area (Å²) in [5.74, 6) is 0.0284. The van der Waals surface area contributed by atoms with Crippen molar-refractivity contribution in [2.24, 2.45) is 0 Å². The summed E-state index contributed by atoms with van der Waals surface area (Å²) in [7, 11) is -0.673. The van der Waals surface area contributed by atoms with Crippen LogP contribution in [0.5, 0.6) is 0 Å². The van der Waals surface area contributed by atoms with E-state index in [0.29, 0.717) is 18.0 Å². The largest absolute Gasteiger partial charge is 0.382 e. The molecule has 0 aliphatic carbocycles. The van der Waals surface area contributed by atoms with E-state index in [4.69, 9.17) is 5.73 Å². The molecule has 2 rings (SSSR count). The summed E-state index contributed by atoms with van der Waals surface area (Å²) in [6.45, 7) is 2.52. The van der Waals surface area contributed by atoms with Crippen molar-refractivity contribution in [2.45, 2.75) is 18.2 Å². The third-order valence-corrected chi connectivity index (χ3v) is 6.41. The number of hydrogen-bond donors (Lipinski definition) is 2. The monoisotopic (exact) mass is 347 g/mol. The number of anilines is 2. The van der Waals surface area contributed by atoms with Crippen LogP contribution in [-0.4, -0.2) is 42.7 Å². The fourth-order valence-electron chi connectivity index (χ4n) is 1.67. The zero-order valence-corrected chi connectivity index (χ0v) is 14.4. The molecule has 0 saturated carbocycles. The number of thiazole rings is 1. The third kappa shape index (κ3) is 3.51. The Balaban J connectivity index is 2.11. The van der Waals surface area contributed by atoms with Crippen molar-refractivity contribution in [3.05, 3.63) is 16.1 Å². The van der Waals surface area contributed by atoms with E-state index in [9.17, 15) is 8.42 Å². The maximum atomic E-state index is 12.2. The number of nitrogens with zero attached hydrogens (tertiary/aromatic N) is 3. The van der Waals surface area contributed by atoms with Crippen LogP contribution in [0.15, 0.2) is 10.3 Å². The Morgan fingerprint density at radius 1 is 1.43 bits per heavy atom. The van der Waals surface area contributed by atoms with Gasteiger partial charge in [0.15, 0.2) is 10.7 Å². The Hall–Kier alpha value is -1.23. The molecular weight excluding hydrogens is 330 g/mol. The van der Waals surface area contributed by atoms with Crippen molar-refractivity contribution in [3.63, 3.8) is 0 Å². The summed E-state index contributed by atoms with van der Waals surface area (Å²) in [6, 6.07) is 0. The number of sulfonamides is 1. The first-order valence-electron chi connectivity index (χ1n) is 6.15. The number of aryl methyl sites for hydroxylation is 1. The highest BCUT2D eigenvalue weighted by atomic mass is 32.2. The van der Waals surface area contributed by atoms with Gasteiger partial charge in [-0.3, -0.25) is 0 Å². The summed E-state index contributed by atoms with van der Waals surface area (Å²) in [6.07, 6.45) is 0.712. The molecule has 21 heavy (non-hydrogen) atoms. The molecule has 2 aromatic rings. The number of nitrogens with two attached hydrogens (primary N) is 1. The van der Waals surface area contributed by atoms with E-state index < -0.39 is 10.0 Å². The molecule has 0 amide bonds. The van der Waals surface area contributed by atoms with Gasteiger partial charge in [-0.05, 0) is 18.5 Å². The molecule has 116 valence electrons. The Morgan fingerprint density at radius 3 is 2.71 bits per heavy atom. The molecule has 0 radical (unpaired) electrons. The molecular formula is C11H17N5O2S3. The molecule has 0 unspecified atom stereocenters. The van der Waals surface area contributed by atoms with Crippen LogP contribution in [-0.2, 0) is 16.4 Å². The van der Waals surface area contributed by atoms with Crippen LogP contribution in [0.3, 0.4) is 0 Å². The molecule has 2 aromatic heterocycles. The Labute approximate surface area is 132 Å². The van der Waals surface area contributed by atoms with Gasteiger partial charge in [0.05, 0.1) is 10.7 Å². The standard InChI is InChI=1S/C11H17N5O2S3/c1-7-14-8(6-19-7)4-5-13-11-9(10(12)15-20-11)21(17,18)16(2)3/h6,13H,4-5H2,1-3H3,(H2,12,15). The average Bonchev–Trinajstić information content (AvgIpc) is 2.96. The lowest BCUT2D eigenvalue weighted by Crippen LogP contribution is -2.23. The minimum Gasteiger partial charge on any atom is -0.382 e. The second-order valence-electron chi connectivity index (χ2n) is 4.55. The minimum atomic E-state index is -3.61. The van der Waals surface area contributed by atoms with E-state index in [2.05, 4.69) is 14.7 Å². The van der Waals surface area contributed by atoms with Crippen molar-refractivity contribution in [3.8, 4) is 0 Å². The first-order chi connectivity index (χ1) is 9.82. The van der Waals surface area contributed by atoms with Crippen LogP contribution < -0.4 is 11.1 Å². The van der Waals surface area contributed by atoms with Crippen LogP contribution in [0, 0.1) is 6.92 Å². The van der Waals surface area contributed by atoms with Crippen molar-refractivity contribution in [1.29, 1.82) is 0 Å². The first-order valence-corrected chi connectivity index (χ1v) is 9.24. The van der Waals surface area contributed by atoms with Crippen LogP contribution in [0.4, 0.5) is 10.8 Å². The van der Waals surface area contributed by atoms with E-state index in [1.54, 1.807) is 11.3 Å². The zero-order chi connectivity index (χ0) is 15.6. The van der Waals surface area contributed by atoms with Gasteiger partial charge in [0.2, 0.25) is 10.0 Å². The van der Waals surface area contributed by atoms with Crippen LogP contribution in [0.25, 0.3) is 0 Å². The zero-order valence-electron chi connectivity index (χ0n) is 12.0. The number of nitrogen functional groups attached to an aromatic ring is 1. The highest BCUT2D eigenvalue weighted by Crippen LogP contribution is 2.32. The summed E-state index contributed by atoms with van der Waals surface area (Å²) >= 11 is 2.65. The van der Waals surface area contributed by atoms with Gasteiger partial charge in [-0.25, -0.2) is 17.7 Å². The van der Waals surface area contributed by atoms with Crippen molar-refractivity contribution in [2.75, 3.05) is 31.7 Å². The summed E-state index contributed by atoms with van der Waals surface area (Å²) in [4.78, 5) is 4.41. The molecule has 7 nitrogen and oxygen atoms in total. The van der Waals surface area contributed by atoms with E-state index in [0.717, 1.165) is 26.5 Å². The lowest BCUT2D eigenvalue weighted by Gasteiger charge is -2.12. The highest BCUT2D eigenvalue weighted by molar-refractivity contribution is 7.89. The average molecular weight is 347 g/mol.